The van der Waals surface area contributed by atoms with Gasteiger partial charge in [-0.15, -0.1) is 0 Å². The topological polar surface area (TPSA) is 52.3 Å². The van der Waals surface area contributed by atoms with Gasteiger partial charge in [0.1, 0.15) is 6.61 Å². The van der Waals surface area contributed by atoms with Crippen molar-refractivity contribution in [3.05, 3.63) is 0 Å². The van der Waals surface area contributed by atoms with Crippen LogP contribution >= 0.6 is 0 Å². The first-order valence-electron chi connectivity index (χ1n) is 3.34. The fraction of sp³-hybridized carbons (Fsp3) is 0.857. The third-order valence-corrected chi connectivity index (χ3v) is 2.44. The van der Waals surface area contributed by atoms with Crippen LogP contribution in [0.5, 0.6) is 0 Å². The molecule has 0 bridgehead atoms. The molecule has 0 aromatic rings. The summed E-state index contributed by atoms with van der Waals surface area (Å²) >= 11 is 0. The van der Waals surface area contributed by atoms with E-state index in [2.05, 4.69) is 0 Å². The van der Waals surface area contributed by atoms with Crippen molar-refractivity contribution >= 4 is 5.97 Å². The molecule has 1 atom stereocenters. The Balaban J connectivity index is 2.95. The molecule has 0 spiro atoms. The molecule has 1 aliphatic rings. The second-order valence-corrected chi connectivity index (χ2v) is 3.62. The second-order valence-electron chi connectivity index (χ2n) is 3.62. The van der Waals surface area contributed by atoms with Crippen LogP contribution < -0.4 is 5.73 Å². The molecule has 1 aliphatic heterocycles. The molecule has 0 aromatic heterocycles. The number of hydrogen-bond donors (Lipinski definition) is 1. The second kappa shape index (κ2) is 1.72. The fourth-order valence-corrected chi connectivity index (χ4v) is 0.809. The summed E-state index contributed by atoms with van der Waals surface area (Å²) < 4.78 is 4.82. The van der Waals surface area contributed by atoms with Gasteiger partial charge < -0.3 is 10.5 Å². The van der Waals surface area contributed by atoms with E-state index in [0.717, 1.165) is 0 Å². The summed E-state index contributed by atoms with van der Waals surface area (Å²) in [7, 11) is 0. The average Bonchev–Trinajstić information content (AvgIpc) is 1.94. The predicted octanol–water partition coefficient (Wildman–Crippen LogP) is 0.287. The van der Waals surface area contributed by atoms with Crippen molar-refractivity contribution < 1.29 is 9.53 Å². The monoisotopic (exact) mass is 143 g/mol. The van der Waals surface area contributed by atoms with E-state index in [1.54, 1.807) is 0 Å². The number of carbonyl (C=O) groups excluding carboxylic acids is 1. The van der Waals surface area contributed by atoms with Crippen molar-refractivity contribution in [2.24, 2.45) is 11.1 Å². The molecular formula is C7H13NO2. The summed E-state index contributed by atoms with van der Waals surface area (Å²) in [5.74, 6) is -0.197. The van der Waals surface area contributed by atoms with Crippen molar-refractivity contribution in [1.82, 2.24) is 0 Å². The summed E-state index contributed by atoms with van der Waals surface area (Å²) in [6, 6.07) is 0. The molecule has 1 heterocycles. The standard InChI is InChI=1S/C7H13NO2/c1-6(2)5(9)10-4-7(6,3)8/h4,8H2,1-3H3. The average molecular weight is 143 g/mol. The van der Waals surface area contributed by atoms with Gasteiger partial charge in [-0.3, -0.25) is 4.79 Å². The van der Waals surface area contributed by atoms with Crippen LogP contribution in [0.15, 0.2) is 0 Å². The summed E-state index contributed by atoms with van der Waals surface area (Å²) in [5, 5.41) is 0. The van der Waals surface area contributed by atoms with Crippen LogP contribution in [0.3, 0.4) is 0 Å². The van der Waals surface area contributed by atoms with Crippen molar-refractivity contribution in [1.29, 1.82) is 0 Å². The first-order valence-corrected chi connectivity index (χ1v) is 3.34. The molecule has 0 saturated carbocycles. The van der Waals surface area contributed by atoms with Gasteiger partial charge in [-0.05, 0) is 20.8 Å². The molecule has 10 heavy (non-hydrogen) atoms. The molecule has 1 fully saturated rings. The summed E-state index contributed by atoms with van der Waals surface area (Å²) in [4.78, 5) is 11.0. The zero-order valence-corrected chi connectivity index (χ0v) is 6.60. The highest BCUT2D eigenvalue weighted by molar-refractivity contribution is 5.80. The van der Waals surface area contributed by atoms with Gasteiger partial charge in [-0.25, -0.2) is 0 Å². The highest BCUT2D eigenvalue weighted by Gasteiger charge is 2.51. The van der Waals surface area contributed by atoms with Crippen molar-refractivity contribution in [3.63, 3.8) is 0 Å². The lowest BCUT2D eigenvalue weighted by Crippen LogP contribution is -2.50. The van der Waals surface area contributed by atoms with Crippen molar-refractivity contribution in [2.75, 3.05) is 6.61 Å². The Labute approximate surface area is 60.5 Å². The molecule has 0 aliphatic carbocycles. The third kappa shape index (κ3) is 0.736. The molecule has 3 heteroatoms. The van der Waals surface area contributed by atoms with E-state index >= 15 is 0 Å². The van der Waals surface area contributed by atoms with E-state index in [1.165, 1.54) is 0 Å². The van der Waals surface area contributed by atoms with Gasteiger partial charge in [0.2, 0.25) is 0 Å². The Kier molecular flexibility index (Phi) is 1.30. The number of hydrogen-bond acceptors (Lipinski definition) is 3. The number of cyclic esters (lactones) is 1. The zero-order chi connectivity index (χ0) is 7.99. The molecule has 0 aromatic carbocycles. The molecule has 58 valence electrons. The molecule has 0 radical (unpaired) electrons. The van der Waals surface area contributed by atoms with E-state index in [-0.39, 0.29) is 5.97 Å². The van der Waals surface area contributed by atoms with Crippen LogP contribution in [-0.2, 0) is 9.53 Å². The van der Waals surface area contributed by atoms with E-state index in [4.69, 9.17) is 10.5 Å². The molecule has 1 rings (SSSR count). The quantitative estimate of drug-likeness (QED) is 0.496. The van der Waals surface area contributed by atoms with Crippen LogP contribution in [0, 0.1) is 5.41 Å². The Morgan fingerprint density at radius 3 is 2.10 bits per heavy atom. The van der Waals surface area contributed by atoms with Gasteiger partial charge in [0.25, 0.3) is 0 Å². The van der Waals surface area contributed by atoms with Crippen LogP contribution in [0.1, 0.15) is 20.8 Å². The van der Waals surface area contributed by atoms with Gasteiger partial charge in [-0.1, -0.05) is 0 Å². The number of nitrogens with two attached hydrogens (primary N) is 1. The van der Waals surface area contributed by atoms with Gasteiger partial charge in [0.15, 0.2) is 0 Å². The van der Waals surface area contributed by atoms with E-state index < -0.39 is 11.0 Å². The number of rotatable bonds is 0. The van der Waals surface area contributed by atoms with E-state index in [0.29, 0.717) is 6.61 Å². The van der Waals surface area contributed by atoms with Crippen LogP contribution in [0.4, 0.5) is 0 Å². The van der Waals surface area contributed by atoms with Crippen molar-refractivity contribution in [2.45, 2.75) is 26.3 Å². The first kappa shape index (κ1) is 7.54. The lowest BCUT2D eigenvalue weighted by atomic mass is 9.77. The molecule has 3 nitrogen and oxygen atoms in total. The fourth-order valence-electron chi connectivity index (χ4n) is 0.809. The maximum atomic E-state index is 11.0. The number of carbonyl (C=O) groups is 1. The Hall–Kier alpha value is -0.570. The third-order valence-electron chi connectivity index (χ3n) is 2.44. The van der Waals surface area contributed by atoms with Crippen LogP contribution in [-0.4, -0.2) is 18.1 Å². The van der Waals surface area contributed by atoms with Crippen LogP contribution in [0.2, 0.25) is 0 Å². The minimum Gasteiger partial charge on any atom is -0.463 e. The molecule has 0 amide bonds. The first-order chi connectivity index (χ1) is 4.38. The Morgan fingerprint density at radius 2 is 2.00 bits per heavy atom. The van der Waals surface area contributed by atoms with Gasteiger partial charge in [0.05, 0.1) is 11.0 Å². The highest BCUT2D eigenvalue weighted by atomic mass is 16.5. The molecule has 1 unspecified atom stereocenters. The minimum absolute atomic E-state index is 0.197. The summed E-state index contributed by atoms with van der Waals surface area (Å²) in [5.41, 5.74) is 4.76. The largest absolute Gasteiger partial charge is 0.463 e. The molecule has 1 saturated heterocycles. The van der Waals surface area contributed by atoms with Gasteiger partial charge >= 0.3 is 5.97 Å². The van der Waals surface area contributed by atoms with E-state index in [1.807, 2.05) is 20.8 Å². The molecule has 2 N–H and O–H groups in total. The maximum absolute atomic E-state index is 11.0. The smallest absolute Gasteiger partial charge is 0.313 e. The summed E-state index contributed by atoms with van der Waals surface area (Å²) in [6.07, 6.45) is 0. The predicted molar refractivity (Wildman–Crippen MR) is 37.3 cm³/mol. The van der Waals surface area contributed by atoms with Gasteiger partial charge in [-0.2, -0.15) is 0 Å². The zero-order valence-electron chi connectivity index (χ0n) is 6.60. The Bertz CT molecular complexity index is 172. The minimum atomic E-state index is -0.535. The van der Waals surface area contributed by atoms with Crippen molar-refractivity contribution in [3.8, 4) is 0 Å². The SMILES string of the molecule is CC1(N)COC(=O)C1(C)C. The lowest BCUT2D eigenvalue weighted by molar-refractivity contribution is -0.145. The Morgan fingerprint density at radius 1 is 1.50 bits per heavy atom. The number of ether oxygens (including phenoxy) is 1. The normalized spacial score (nSPS) is 37.8. The van der Waals surface area contributed by atoms with Gasteiger partial charge in [0, 0.05) is 0 Å². The maximum Gasteiger partial charge on any atom is 0.313 e. The summed E-state index contributed by atoms with van der Waals surface area (Å²) in [6.45, 7) is 5.78. The molecular weight excluding hydrogens is 130 g/mol. The lowest BCUT2D eigenvalue weighted by Gasteiger charge is -2.28. The number of esters is 1. The van der Waals surface area contributed by atoms with E-state index in [9.17, 15) is 4.79 Å². The highest BCUT2D eigenvalue weighted by Crippen LogP contribution is 2.35. The van der Waals surface area contributed by atoms with Crippen LogP contribution in [0.25, 0.3) is 0 Å².